The number of hydrogen-bond acceptors (Lipinski definition) is 2. The zero-order chi connectivity index (χ0) is 10.8. The highest BCUT2D eigenvalue weighted by Crippen LogP contribution is 2.20. The van der Waals surface area contributed by atoms with Crippen molar-refractivity contribution in [1.82, 2.24) is 10.2 Å². The zero-order valence-electron chi connectivity index (χ0n) is 9.25. The number of rotatable bonds is 3. The minimum Gasteiger partial charge on any atom is -0.352 e. The quantitative estimate of drug-likeness (QED) is 0.731. The highest BCUT2D eigenvalue weighted by molar-refractivity contribution is 5.89. The van der Waals surface area contributed by atoms with Crippen LogP contribution in [0.2, 0.25) is 0 Å². The van der Waals surface area contributed by atoms with Crippen molar-refractivity contribution < 1.29 is 4.79 Å². The van der Waals surface area contributed by atoms with Gasteiger partial charge in [-0.3, -0.25) is 10.2 Å². The summed E-state index contributed by atoms with van der Waals surface area (Å²) in [4.78, 5) is 13.7. The highest BCUT2D eigenvalue weighted by Gasteiger charge is 2.30. The topological polar surface area (TPSA) is 56.2 Å². The Morgan fingerprint density at radius 3 is 2.87 bits per heavy atom. The molecule has 2 rings (SSSR count). The van der Waals surface area contributed by atoms with E-state index in [0.29, 0.717) is 11.9 Å². The van der Waals surface area contributed by atoms with Crippen molar-refractivity contribution in [3.8, 4) is 0 Å². The normalized spacial score (nSPS) is 23.8. The monoisotopic (exact) mass is 209 g/mol. The Morgan fingerprint density at radius 2 is 2.27 bits per heavy atom. The molecule has 1 aliphatic carbocycles. The average molecular weight is 209 g/mol. The van der Waals surface area contributed by atoms with Crippen LogP contribution in [0, 0.1) is 5.41 Å². The van der Waals surface area contributed by atoms with Gasteiger partial charge >= 0.3 is 0 Å². The molecular weight excluding hydrogens is 190 g/mol. The average Bonchev–Trinajstić information content (AvgIpc) is 3.01. The molecule has 0 aromatic heterocycles. The maximum absolute atomic E-state index is 11.8. The second-order valence-electron chi connectivity index (χ2n) is 4.56. The number of likely N-dealkylation sites (tertiary alicyclic amines) is 1. The summed E-state index contributed by atoms with van der Waals surface area (Å²) in [6.07, 6.45) is 5.25. The van der Waals surface area contributed by atoms with E-state index in [4.69, 9.17) is 5.41 Å². The van der Waals surface area contributed by atoms with Gasteiger partial charge < -0.3 is 10.2 Å². The molecule has 4 heteroatoms. The molecular formula is C11H19N3O. The second kappa shape index (κ2) is 4.21. The van der Waals surface area contributed by atoms with E-state index < -0.39 is 0 Å². The van der Waals surface area contributed by atoms with Gasteiger partial charge in [0.1, 0.15) is 6.04 Å². The van der Waals surface area contributed by atoms with Crippen molar-refractivity contribution in [2.45, 2.75) is 51.1 Å². The summed E-state index contributed by atoms with van der Waals surface area (Å²) in [6, 6.07) is 0.248. The minimum atomic E-state index is -0.168. The Hall–Kier alpha value is -1.06. The molecule has 0 radical (unpaired) electrons. The van der Waals surface area contributed by atoms with Gasteiger partial charge in [0.25, 0.3) is 0 Å². The fourth-order valence-corrected chi connectivity index (χ4v) is 1.97. The van der Waals surface area contributed by atoms with Crippen molar-refractivity contribution in [1.29, 1.82) is 5.41 Å². The number of piperidine rings is 1. The number of hydrogen-bond donors (Lipinski definition) is 2. The van der Waals surface area contributed by atoms with Crippen LogP contribution in [0.3, 0.4) is 0 Å². The van der Waals surface area contributed by atoms with Crippen LogP contribution in [-0.4, -0.2) is 35.3 Å². The van der Waals surface area contributed by atoms with Crippen molar-refractivity contribution in [3.63, 3.8) is 0 Å². The fourth-order valence-electron chi connectivity index (χ4n) is 1.97. The van der Waals surface area contributed by atoms with E-state index in [9.17, 15) is 4.79 Å². The van der Waals surface area contributed by atoms with E-state index >= 15 is 0 Å². The lowest BCUT2D eigenvalue weighted by Crippen LogP contribution is -2.49. The van der Waals surface area contributed by atoms with Gasteiger partial charge in [-0.1, -0.05) is 0 Å². The van der Waals surface area contributed by atoms with E-state index in [1.807, 2.05) is 11.8 Å². The number of carbonyl (C=O) groups excluding carboxylic acids is 1. The van der Waals surface area contributed by atoms with Crippen molar-refractivity contribution in [2.75, 3.05) is 6.54 Å². The van der Waals surface area contributed by atoms with Gasteiger partial charge in [0.05, 0.1) is 5.84 Å². The van der Waals surface area contributed by atoms with Crippen LogP contribution >= 0.6 is 0 Å². The molecule has 2 aliphatic rings. The number of carbonyl (C=O) groups is 1. The lowest BCUT2D eigenvalue weighted by molar-refractivity contribution is -0.124. The summed E-state index contributed by atoms with van der Waals surface area (Å²) < 4.78 is 0. The summed E-state index contributed by atoms with van der Waals surface area (Å²) in [7, 11) is 0. The Labute approximate surface area is 90.5 Å². The molecule has 0 aromatic carbocycles. The van der Waals surface area contributed by atoms with Crippen molar-refractivity contribution >= 4 is 11.7 Å². The molecule has 0 aromatic rings. The number of amidine groups is 1. The van der Waals surface area contributed by atoms with Crippen LogP contribution in [0.1, 0.15) is 39.0 Å². The molecule has 4 nitrogen and oxygen atoms in total. The van der Waals surface area contributed by atoms with Gasteiger partial charge in [0.2, 0.25) is 5.91 Å². The summed E-state index contributed by atoms with van der Waals surface area (Å²) in [5, 5.41) is 10.8. The Bertz CT molecular complexity index is 273. The molecule has 15 heavy (non-hydrogen) atoms. The first kappa shape index (κ1) is 10.5. The van der Waals surface area contributed by atoms with Crippen molar-refractivity contribution in [2.24, 2.45) is 0 Å². The first-order chi connectivity index (χ1) is 7.18. The maximum Gasteiger partial charge on any atom is 0.242 e. The maximum atomic E-state index is 11.8. The predicted molar refractivity (Wildman–Crippen MR) is 58.9 cm³/mol. The van der Waals surface area contributed by atoms with Crippen LogP contribution in [0.4, 0.5) is 0 Å². The zero-order valence-corrected chi connectivity index (χ0v) is 9.25. The van der Waals surface area contributed by atoms with Gasteiger partial charge in [-0.25, -0.2) is 0 Å². The van der Waals surface area contributed by atoms with Crippen molar-refractivity contribution in [3.05, 3.63) is 0 Å². The van der Waals surface area contributed by atoms with E-state index in [-0.39, 0.29) is 11.9 Å². The number of nitrogens with zero attached hydrogens (tertiary/aromatic N) is 1. The molecule has 2 N–H and O–H groups in total. The molecule has 84 valence electrons. The number of amides is 1. The summed E-state index contributed by atoms with van der Waals surface area (Å²) in [5.41, 5.74) is 0. The lowest BCUT2D eigenvalue weighted by Gasteiger charge is -2.33. The van der Waals surface area contributed by atoms with Gasteiger partial charge in [0.15, 0.2) is 0 Å². The van der Waals surface area contributed by atoms with E-state index in [1.54, 1.807) is 0 Å². The fraction of sp³-hybridized carbons (Fsp3) is 0.818. The van der Waals surface area contributed by atoms with Gasteiger partial charge in [0, 0.05) is 19.0 Å². The standard InChI is InChI=1S/C11H19N3O/c1-8(11(15)13-9-5-6-9)14-7-3-2-4-10(14)12/h8-9,12H,2-7H2,1H3,(H,13,15). The largest absolute Gasteiger partial charge is 0.352 e. The Balaban J connectivity index is 1.89. The lowest BCUT2D eigenvalue weighted by atomic mass is 10.1. The predicted octanol–water partition coefficient (Wildman–Crippen LogP) is 1.12. The molecule has 1 aliphatic heterocycles. The van der Waals surface area contributed by atoms with Gasteiger partial charge in [-0.2, -0.15) is 0 Å². The van der Waals surface area contributed by atoms with E-state index in [2.05, 4.69) is 5.32 Å². The molecule has 0 spiro atoms. The van der Waals surface area contributed by atoms with E-state index in [1.165, 1.54) is 0 Å². The van der Waals surface area contributed by atoms with Crippen LogP contribution in [0.25, 0.3) is 0 Å². The Kier molecular flexibility index (Phi) is 2.93. The van der Waals surface area contributed by atoms with Gasteiger partial charge in [-0.05, 0) is 32.6 Å². The summed E-state index contributed by atoms with van der Waals surface area (Å²) in [5.74, 6) is 0.712. The van der Waals surface area contributed by atoms with Crippen LogP contribution in [0.15, 0.2) is 0 Å². The SMILES string of the molecule is CC(C(=O)NC1CC1)N1CCCCC1=N. The summed E-state index contributed by atoms with van der Waals surface area (Å²) >= 11 is 0. The Morgan fingerprint density at radius 1 is 1.53 bits per heavy atom. The molecule has 1 heterocycles. The third-order valence-electron chi connectivity index (χ3n) is 3.18. The molecule has 1 saturated carbocycles. The van der Waals surface area contributed by atoms with Crippen LogP contribution in [0.5, 0.6) is 0 Å². The minimum absolute atomic E-state index is 0.0872. The number of nitrogens with one attached hydrogen (secondary N) is 2. The molecule has 1 atom stereocenters. The third kappa shape index (κ3) is 2.49. The van der Waals surface area contributed by atoms with Crippen LogP contribution in [-0.2, 0) is 4.79 Å². The molecule has 1 unspecified atom stereocenters. The van der Waals surface area contributed by atoms with Crippen LogP contribution < -0.4 is 5.32 Å². The smallest absolute Gasteiger partial charge is 0.242 e. The molecule has 0 bridgehead atoms. The second-order valence-corrected chi connectivity index (χ2v) is 4.56. The summed E-state index contributed by atoms with van der Waals surface area (Å²) in [6.45, 7) is 2.76. The van der Waals surface area contributed by atoms with Gasteiger partial charge in [-0.15, -0.1) is 0 Å². The molecule has 1 saturated heterocycles. The first-order valence-electron chi connectivity index (χ1n) is 5.83. The molecule has 1 amide bonds. The molecule has 2 fully saturated rings. The van der Waals surface area contributed by atoms with E-state index in [0.717, 1.165) is 38.6 Å². The highest BCUT2D eigenvalue weighted by atomic mass is 16.2. The third-order valence-corrected chi connectivity index (χ3v) is 3.18. The first-order valence-corrected chi connectivity index (χ1v) is 5.83.